The van der Waals surface area contributed by atoms with Gasteiger partial charge in [-0.2, -0.15) is 4.31 Å². The molecule has 2 aromatic rings. The highest BCUT2D eigenvalue weighted by Gasteiger charge is 2.24. The lowest BCUT2D eigenvalue weighted by molar-refractivity contribution is -0.121. The van der Waals surface area contributed by atoms with Crippen LogP contribution in [0.15, 0.2) is 46.0 Å². The Labute approximate surface area is 181 Å². The number of carbonyl (C=O) groups is 2. The second kappa shape index (κ2) is 11.7. The van der Waals surface area contributed by atoms with E-state index in [1.54, 1.807) is 35.7 Å². The van der Waals surface area contributed by atoms with Crippen molar-refractivity contribution < 1.29 is 22.7 Å². The average Bonchev–Trinajstić information content (AvgIpc) is 3.28. The molecule has 2 amide bonds. The van der Waals surface area contributed by atoms with Gasteiger partial charge in [0.2, 0.25) is 0 Å². The number of nitrogens with one attached hydrogen (secondary N) is 2. The summed E-state index contributed by atoms with van der Waals surface area (Å²) in [5.74, 6) is -0.493. The van der Waals surface area contributed by atoms with E-state index < -0.39 is 28.4 Å². The standard InChI is InChI=1S/C20H27N3O5S2/c1-3-4-5-6-13-28-17-11-9-16(10-12-17)20(25)22-21-18(24)15-23(2)30(26,27)19-8-7-14-29-19/h7-12,14H,3-6,13,15H2,1-2H3,(H,21,24)(H,22,25). The molecular weight excluding hydrogens is 426 g/mol. The van der Waals surface area contributed by atoms with Crippen molar-refractivity contribution in [3.8, 4) is 5.75 Å². The maximum absolute atomic E-state index is 12.3. The molecule has 8 nitrogen and oxygen atoms in total. The zero-order valence-corrected chi connectivity index (χ0v) is 18.7. The molecule has 0 aliphatic rings. The van der Waals surface area contributed by atoms with Gasteiger partial charge in [0.05, 0.1) is 13.2 Å². The number of hydrogen-bond acceptors (Lipinski definition) is 6. The molecule has 0 radical (unpaired) electrons. The molecule has 164 valence electrons. The Morgan fingerprint density at radius 1 is 1.07 bits per heavy atom. The SMILES string of the molecule is CCCCCCOc1ccc(C(=O)NNC(=O)CN(C)S(=O)(=O)c2cccs2)cc1. The number of benzene rings is 1. The topological polar surface area (TPSA) is 105 Å². The third-order valence-electron chi connectivity index (χ3n) is 4.22. The van der Waals surface area contributed by atoms with Gasteiger partial charge in [0.15, 0.2) is 0 Å². The van der Waals surface area contributed by atoms with Crippen molar-refractivity contribution in [3.05, 3.63) is 47.3 Å². The third kappa shape index (κ3) is 7.12. The number of amides is 2. The number of ether oxygens (including phenoxy) is 1. The first-order chi connectivity index (χ1) is 14.3. The lowest BCUT2D eigenvalue weighted by Gasteiger charge is -2.16. The number of carbonyl (C=O) groups excluding carboxylic acids is 2. The van der Waals surface area contributed by atoms with Crippen LogP contribution in [0.1, 0.15) is 43.0 Å². The zero-order valence-electron chi connectivity index (χ0n) is 17.1. The maximum Gasteiger partial charge on any atom is 0.269 e. The van der Waals surface area contributed by atoms with Crippen molar-refractivity contribution in [1.82, 2.24) is 15.2 Å². The molecule has 0 fully saturated rings. The molecule has 0 saturated heterocycles. The minimum absolute atomic E-state index is 0.148. The van der Waals surface area contributed by atoms with Gasteiger partial charge in [-0.05, 0) is 42.1 Å². The normalized spacial score (nSPS) is 11.3. The maximum atomic E-state index is 12.3. The Morgan fingerprint density at radius 3 is 2.43 bits per heavy atom. The highest BCUT2D eigenvalue weighted by molar-refractivity contribution is 7.91. The van der Waals surface area contributed by atoms with E-state index in [0.29, 0.717) is 17.9 Å². The Bertz CT molecular complexity index is 912. The van der Waals surface area contributed by atoms with Crippen molar-refractivity contribution in [2.45, 2.75) is 36.8 Å². The summed E-state index contributed by atoms with van der Waals surface area (Å²) in [7, 11) is -2.43. The Kier molecular flexibility index (Phi) is 9.28. The van der Waals surface area contributed by atoms with E-state index in [4.69, 9.17) is 4.74 Å². The first-order valence-electron chi connectivity index (χ1n) is 9.66. The lowest BCUT2D eigenvalue weighted by Crippen LogP contribution is -2.46. The van der Waals surface area contributed by atoms with Crippen molar-refractivity contribution in [2.75, 3.05) is 20.2 Å². The van der Waals surface area contributed by atoms with Crippen LogP contribution in [0.5, 0.6) is 5.75 Å². The second-order valence-electron chi connectivity index (χ2n) is 6.63. The van der Waals surface area contributed by atoms with E-state index in [0.717, 1.165) is 28.5 Å². The number of hydrogen-bond donors (Lipinski definition) is 2. The molecule has 0 aliphatic heterocycles. The van der Waals surface area contributed by atoms with Gasteiger partial charge in [-0.15, -0.1) is 11.3 Å². The molecule has 10 heteroatoms. The number of rotatable bonds is 11. The largest absolute Gasteiger partial charge is 0.494 e. The van der Waals surface area contributed by atoms with Crippen molar-refractivity contribution >= 4 is 33.2 Å². The zero-order chi connectivity index (χ0) is 22.0. The van der Waals surface area contributed by atoms with Gasteiger partial charge in [0.1, 0.15) is 9.96 Å². The van der Waals surface area contributed by atoms with Gasteiger partial charge in [-0.1, -0.05) is 32.3 Å². The van der Waals surface area contributed by atoms with Crippen LogP contribution in [0.2, 0.25) is 0 Å². The summed E-state index contributed by atoms with van der Waals surface area (Å²) in [6, 6.07) is 9.66. The van der Waals surface area contributed by atoms with Crippen LogP contribution in [0, 0.1) is 0 Å². The minimum atomic E-state index is -3.73. The molecule has 0 unspecified atom stereocenters. The fraction of sp³-hybridized carbons (Fsp3) is 0.400. The summed E-state index contributed by atoms with van der Waals surface area (Å²) in [6.07, 6.45) is 4.46. The van der Waals surface area contributed by atoms with Crippen LogP contribution in [0.3, 0.4) is 0 Å². The lowest BCUT2D eigenvalue weighted by atomic mass is 10.2. The van der Waals surface area contributed by atoms with Crippen LogP contribution in [0.4, 0.5) is 0 Å². The van der Waals surface area contributed by atoms with E-state index in [2.05, 4.69) is 17.8 Å². The van der Waals surface area contributed by atoms with Crippen molar-refractivity contribution in [2.24, 2.45) is 0 Å². The van der Waals surface area contributed by atoms with Gasteiger partial charge in [0, 0.05) is 12.6 Å². The third-order valence-corrected chi connectivity index (χ3v) is 7.40. The van der Waals surface area contributed by atoms with Crippen LogP contribution in [0.25, 0.3) is 0 Å². The number of sulfonamides is 1. The van der Waals surface area contributed by atoms with E-state index in [1.165, 1.54) is 26.0 Å². The highest BCUT2D eigenvalue weighted by atomic mass is 32.2. The highest BCUT2D eigenvalue weighted by Crippen LogP contribution is 2.19. The molecule has 1 heterocycles. The fourth-order valence-electron chi connectivity index (χ4n) is 2.51. The summed E-state index contributed by atoms with van der Waals surface area (Å²) in [4.78, 5) is 24.2. The molecule has 1 aromatic carbocycles. The molecule has 2 N–H and O–H groups in total. The fourth-order valence-corrected chi connectivity index (χ4v) is 4.84. The summed E-state index contributed by atoms with van der Waals surface area (Å²) < 4.78 is 31.3. The van der Waals surface area contributed by atoms with E-state index in [1.807, 2.05) is 0 Å². The molecule has 0 atom stereocenters. The number of nitrogens with zero attached hydrogens (tertiary/aromatic N) is 1. The van der Waals surface area contributed by atoms with Crippen LogP contribution >= 0.6 is 11.3 Å². The number of thiophene rings is 1. The molecule has 0 saturated carbocycles. The van der Waals surface area contributed by atoms with Gasteiger partial charge >= 0.3 is 0 Å². The summed E-state index contributed by atoms with van der Waals surface area (Å²) >= 11 is 1.07. The first kappa shape index (κ1) is 23.8. The second-order valence-corrected chi connectivity index (χ2v) is 9.85. The van der Waals surface area contributed by atoms with Gasteiger partial charge < -0.3 is 4.74 Å². The number of likely N-dealkylation sites (N-methyl/N-ethyl adjacent to an activating group) is 1. The van der Waals surface area contributed by atoms with Crippen LogP contribution in [-0.4, -0.2) is 44.7 Å². The molecule has 30 heavy (non-hydrogen) atoms. The van der Waals surface area contributed by atoms with E-state index in [-0.39, 0.29) is 4.21 Å². The summed E-state index contributed by atoms with van der Waals surface area (Å²) in [6.45, 7) is 2.35. The number of unbranched alkanes of at least 4 members (excludes halogenated alkanes) is 3. The molecular formula is C20H27N3O5S2. The minimum Gasteiger partial charge on any atom is -0.494 e. The monoisotopic (exact) mass is 453 g/mol. The summed E-state index contributed by atoms with van der Waals surface area (Å²) in [5.41, 5.74) is 4.84. The Balaban J connectivity index is 1.77. The predicted molar refractivity (Wildman–Crippen MR) is 116 cm³/mol. The van der Waals surface area contributed by atoms with E-state index in [9.17, 15) is 18.0 Å². The Morgan fingerprint density at radius 2 is 1.80 bits per heavy atom. The van der Waals surface area contributed by atoms with Gasteiger partial charge in [-0.3, -0.25) is 20.4 Å². The molecule has 0 spiro atoms. The molecule has 0 aliphatic carbocycles. The predicted octanol–water partition coefficient (Wildman–Crippen LogP) is 2.79. The van der Waals surface area contributed by atoms with E-state index >= 15 is 0 Å². The Hall–Kier alpha value is -2.43. The van der Waals surface area contributed by atoms with Crippen molar-refractivity contribution in [1.29, 1.82) is 0 Å². The van der Waals surface area contributed by atoms with Gasteiger partial charge in [-0.25, -0.2) is 8.42 Å². The quantitative estimate of drug-likeness (QED) is 0.402. The van der Waals surface area contributed by atoms with Gasteiger partial charge in [0.25, 0.3) is 21.8 Å². The molecule has 0 bridgehead atoms. The first-order valence-corrected chi connectivity index (χ1v) is 12.0. The van der Waals surface area contributed by atoms with Crippen molar-refractivity contribution in [3.63, 3.8) is 0 Å². The molecule has 1 aromatic heterocycles. The smallest absolute Gasteiger partial charge is 0.269 e. The van der Waals surface area contributed by atoms with Crippen LogP contribution < -0.4 is 15.6 Å². The van der Waals surface area contributed by atoms with Crippen LogP contribution in [-0.2, 0) is 14.8 Å². The average molecular weight is 454 g/mol. The summed E-state index contributed by atoms with van der Waals surface area (Å²) in [5, 5.41) is 1.64. The molecule has 2 rings (SSSR count). The number of hydrazine groups is 1.